The van der Waals surface area contributed by atoms with Crippen molar-refractivity contribution in [1.82, 2.24) is 23.9 Å². The fraction of sp³-hybridized carbons (Fsp3) is 0.368. The highest BCUT2D eigenvalue weighted by Gasteiger charge is 2.27. The number of aryl methyl sites for hydroxylation is 2. The number of ether oxygens (including phenoxy) is 1. The van der Waals surface area contributed by atoms with E-state index in [1.165, 1.54) is 22.5 Å². The van der Waals surface area contributed by atoms with Gasteiger partial charge in [-0.3, -0.25) is 4.79 Å². The number of morpholine rings is 1. The first-order valence-electron chi connectivity index (χ1n) is 9.75. The van der Waals surface area contributed by atoms with Crippen molar-refractivity contribution < 1.29 is 17.9 Å². The van der Waals surface area contributed by atoms with Gasteiger partial charge in [0.15, 0.2) is 0 Å². The van der Waals surface area contributed by atoms with Crippen molar-refractivity contribution in [3.05, 3.63) is 40.7 Å². The zero-order chi connectivity index (χ0) is 22.9. The Morgan fingerprint density at radius 1 is 1.22 bits per heavy atom. The fourth-order valence-electron chi connectivity index (χ4n) is 3.22. The molecule has 0 radical (unpaired) electrons. The SMILES string of the molecule is Cc1cc(C)n2nc(SCC(=O)Nc3cc(S(=O)(=O)N4CCOCC4)ccc3Cl)nc2n1. The van der Waals surface area contributed by atoms with Gasteiger partial charge in [0.1, 0.15) is 0 Å². The molecular formula is C19H21ClN6O4S2. The van der Waals surface area contributed by atoms with Crippen molar-refractivity contribution >= 4 is 50.8 Å². The van der Waals surface area contributed by atoms with Crippen LogP contribution in [-0.4, -0.2) is 70.3 Å². The van der Waals surface area contributed by atoms with Crippen LogP contribution in [0.3, 0.4) is 0 Å². The molecule has 1 N–H and O–H groups in total. The summed E-state index contributed by atoms with van der Waals surface area (Å²) in [4.78, 5) is 21.2. The van der Waals surface area contributed by atoms with Gasteiger partial charge in [-0.25, -0.2) is 17.9 Å². The summed E-state index contributed by atoms with van der Waals surface area (Å²) in [7, 11) is -3.71. The standard InChI is InChI=1S/C19H21ClN6O4S2/c1-12-9-13(2)26-18(21-12)23-19(24-26)31-11-17(27)22-16-10-14(3-4-15(16)20)32(28,29)25-5-7-30-8-6-25/h3-4,9-10H,5-8,11H2,1-2H3,(H,22,27). The van der Waals surface area contributed by atoms with E-state index in [9.17, 15) is 13.2 Å². The number of anilines is 1. The van der Waals surface area contributed by atoms with E-state index in [1.807, 2.05) is 19.9 Å². The highest BCUT2D eigenvalue weighted by atomic mass is 35.5. The third-order valence-electron chi connectivity index (χ3n) is 4.75. The van der Waals surface area contributed by atoms with Crippen LogP contribution in [0, 0.1) is 13.8 Å². The van der Waals surface area contributed by atoms with Crippen LogP contribution >= 0.6 is 23.4 Å². The first-order chi connectivity index (χ1) is 15.2. The highest BCUT2D eigenvalue weighted by molar-refractivity contribution is 7.99. The molecule has 1 amide bonds. The molecule has 10 nitrogen and oxygen atoms in total. The lowest BCUT2D eigenvalue weighted by atomic mass is 10.3. The molecule has 4 rings (SSSR count). The van der Waals surface area contributed by atoms with Crippen LogP contribution in [0.1, 0.15) is 11.4 Å². The molecule has 1 saturated heterocycles. The summed E-state index contributed by atoms with van der Waals surface area (Å²) in [5.74, 6) is 0.123. The van der Waals surface area contributed by atoms with Crippen LogP contribution in [0.4, 0.5) is 5.69 Å². The predicted octanol–water partition coefficient (Wildman–Crippen LogP) is 2.15. The largest absolute Gasteiger partial charge is 0.379 e. The van der Waals surface area contributed by atoms with Gasteiger partial charge in [0.05, 0.1) is 34.6 Å². The number of hydrogen-bond acceptors (Lipinski definition) is 8. The fourth-order valence-corrected chi connectivity index (χ4v) is 5.44. The summed E-state index contributed by atoms with van der Waals surface area (Å²) >= 11 is 7.34. The molecule has 0 spiro atoms. The molecular weight excluding hydrogens is 476 g/mol. The average molecular weight is 497 g/mol. The van der Waals surface area contributed by atoms with Crippen LogP contribution in [0.5, 0.6) is 0 Å². The third-order valence-corrected chi connectivity index (χ3v) is 7.81. The van der Waals surface area contributed by atoms with Crippen LogP contribution in [-0.2, 0) is 19.6 Å². The summed E-state index contributed by atoms with van der Waals surface area (Å²) in [6.07, 6.45) is 0. The summed E-state index contributed by atoms with van der Waals surface area (Å²) in [5.41, 5.74) is 1.95. The van der Waals surface area contributed by atoms with E-state index < -0.39 is 10.0 Å². The number of nitrogens with one attached hydrogen (secondary N) is 1. The average Bonchev–Trinajstić information content (AvgIpc) is 3.17. The molecule has 1 aliphatic rings. The second-order valence-corrected chi connectivity index (χ2v) is 10.4. The molecule has 0 aliphatic carbocycles. The van der Waals surface area contributed by atoms with Gasteiger partial charge in [-0.2, -0.15) is 9.29 Å². The van der Waals surface area contributed by atoms with Gasteiger partial charge in [0.25, 0.3) is 5.78 Å². The number of hydrogen-bond donors (Lipinski definition) is 1. The summed E-state index contributed by atoms with van der Waals surface area (Å²) in [6, 6.07) is 6.14. The van der Waals surface area contributed by atoms with Crippen LogP contribution < -0.4 is 5.32 Å². The number of rotatable bonds is 6. The van der Waals surface area contributed by atoms with Crippen molar-refractivity contribution in [2.75, 3.05) is 37.4 Å². The van der Waals surface area contributed by atoms with Crippen molar-refractivity contribution in [2.24, 2.45) is 0 Å². The number of thioether (sulfide) groups is 1. The van der Waals surface area contributed by atoms with Crippen molar-refractivity contribution in [3.8, 4) is 0 Å². The molecule has 1 aromatic carbocycles. The lowest BCUT2D eigenvalue weighted by Gasteiger charge is -2.26. The topological polar surface area (TPSA) is 119 Å². The number of halogens is 1. The van der Waals surface area contributed by atoms with E-state index >= 15 is 0 Å². The van der Waals surface area contributed by atoms with Gasteiger partial charge in [0, 0.05) is 24.5 Å². The molecule has 13 heteroatoms. The van der Waals surface area contributed by atoms with Crippen LogP contribution in [0.2, 0.25) is 5.02 Å². The molecule has 1 aliphatic heterocycles. The number of carbonyl (C=O) groups is 1. The number of fused-ring (bicyclic) bond motifs is 1. The Balaban J connectivity index is 1.45. The highest BCUT2D eigenvalue weighted by Crippen LogP contribution is 2.28. The second-order valence-electron chi connectivity index (χ2n) is 7.14. The lowest BCUT2D eigenvalue weighted by Crippen LogP contribution is -2.40. The molecule has 170 valence electrons. The Labute approximate surface area is 194 Å². The Bertz CT molecular complexity index is 1270. The van der Waals surface area contributed by atoms with Gasteiger partial charge in [-0.15, -0.1) is 5.10 Å². The van der Waals surface area contributed by atoms with E-state index in [-0.39, 0.29) is 40.4 Å². The number of sulfonamides is 1. The molecule has 3 aromatic rings. The smallest absolute Gasteiger partial charge is 0.253 e. The minimum Gasteiger partial charge on any atom is -0.379 e. The van der Waals surface area contributed by atoms with E-state index in [4.69, 9.17) is 16.3 Å². The molecule has 0 saturated carbocycles. The first-order valence-corrected chi connectivity index (χ1v) is 12.6. The number of carbonyl (C=O) groups excluding carboxylic acids is 1. The molecule has 32 heavy (non-hydrogen) atoms. The maximum atomic E-state index is 12.9. The Hall–Kier alpha value is -2.25. The lowest BCUT2D eigenvalue weighted by molar-refractivity contribution is -0.113. The van der Waals surface area contributed by atoms with E-state index in [0.717, 1.165) is 23.1 Å². The van der Waals surface area contributed by atoms with Crippen molar-refractivity contribution in [3.63, 3.8) is 0 Å². The zero-order valence-electron chi connectivity index (χ0n) is 17.4. The van der Waals surface area contributed by atoms with Gasteiger partial charge in [-0.1, -0.05) is 23.4 Å². The van der Waals surface area contributed by atoms with Crippen LogP contribution in [0.15, 0.2) is 34.3 Å². The Morgan fingerprint density at radius 2 is 1.97 bits per heavy atom. The quantitative estimate of drug-likeness (QED) is 0.515. The summed E-state index contributed by atoms with van der Waals surface area (Å²) in [5, 5.41) is 7.68. The molecule has 1 fully saturated rings. The number of nitrogens with zero attached hydrogens (tertiary/aromatic N) is 5. The predicted molar refractivity (Wildman–Crippen MR) is 121 cm³/mol. The molecule has 2 aromatic heterocycles. The van der Waals surface area contributed by atoms with E-state index in [0.29, 0.717) is 24.1 Å². The maximum absolute atomic E-state index is 12.9. The van der Waals surface area contributed by atoms with Crippen molar-refractivity contribution in [1.29, 1.82) is 0 Å². The number of amides is 1. The zero-order valence-corrected chi connectivity index (χ0v) is 19.8. The molecule has 0 unspecified atom stereocenters. The van der Waals surface area contributed by atoms with Gasteiger partial charge >= 0.3 is 0 Å². The monoisotopic (exact) mass is 496 g/mol. The minimum atomic E-state index is -3.71. The Kier molecular flexibility index (Phi) is 6.67. The summed E-state index contributed by atoms with van der Waals surface area (Å²) in [6.45, 7) is 5.03. The first kappa shape index (κ1) is 22.9. The number of benzene rings is 1. The molecule has 0 bridgehead atoms. The normalized spacial score (nSPS) is 15.2. The maximum Gasteiger partial charge on any atom is 0.253 e. The van der Waals surface area contributed by atoms with Gasteiger partial charge in [0.2, 0.25) is 21.1 Å². The van der Waals surface area contributed by atoms with Gasteiger partial charge < -0.3 is 10.1 Å². The van der Waals surface area contributed by atoms with Gasteiger partial charge in [-0.05, 0) is 38.1 Å². The molecule has 0 atom stereocenters. The second kappa shape index (κ2) is 9.32. The van der Waals surface area contributed by atoms with Crippen LogP contribution in [0.25, 0.3) is 5.78 Å². The number of aromatic nitrogens is 4. The minimum absolute atomic E-state index is 0.0195. The van der Waals surface area contributed by atoms with E-state index in [2.05, 4.69) is 20.4 Å². The van der Waals surface area contributed by atoms with E-state index in [1.54, 1.807) is 4.52 Å². The summed E-state index contributed by atoms with van der Waals surface area (Å²) < 4.78 is 33.9. The third kappa shape index (κ3) is 4.89. The molecule has 3 heterocycles. The van der Waals surface area contributed by atoms with Crippen molar-refractivity contribution in [2.45, 2.75) is 23.9 Å². The Morgan fingerprint density at radius 3 is 2.72 bits per heavy atom.